The molecule has 23 heavy (non-hydrogen) atoms. The molecule has 0 saturated carbocycles. The fraction of sp³-hybridized carbons (Fsp3) is 0.500. The smallest absolute Gasteiger partial charge is 0.259 e. The van der Waals surface area contributed by atoms with E-state index in [1.165, 1.54) is 12.0 Å². The van der Waals surface area contributed by atoms with Crippen molar-refractivity contribution in [2.24, 2.45) is 5.73 Å². The average molecular weight is 323 g/mol. The van der Waals surface area contributed by atoms with E-state index in [-0.39, 0.29) is 30.9 Å². The van der Waals surface area contributed by atoms with Gasteiger partial charge in [0, 0.05) is 34.3 Å². The molecule has 0 heterocycles. The Hall–Kier alpha value is -2.12. The predicted molar refractivity (Wildman–Crippen MR) is 86.9 cm³/mol. The summed E-state index contributed by atoms with van der Waals surface area (Å²) >= 11 is 0. The zero-order chi connectivity index (χ0) is 17.2. The van der Waals surface area contributed by atoms with Crippen LogP contribution in [0, 0.1) is 0 Å². The quantitative estimate of drug-likeness (QED) is 0.674. The fourth-order valence-corrected chi connectivity index (χ4v) is 1.76. The second kappa shape index (κ2) is 9.81. The average Bonchev–Trinajstić information content (AvgIpc) is 2.55. The number of hydrogen-bond acceptors (Lipinski definition) is 5. The number of carbonyl (C=O) groups is 2. The molecule has 1 rings (SSSR count). The van der Waals surface area contributed by atoms with Gasteiger partial charge in [0.15, 0.2) is 6.61 Å². The molecular weight excluding hydrogens is 298 g/mol. The molecule has 2 amide bonds. The van der Waals surface area contributed by atoms with E-state index in [2.05, 4.69) is 5.32 Å². The molecule has 0 spiro atoms. The van der Waals surface area contributed by atoms with Gasteiger partial charge in [-0.1, -0.05) is 12.1 Å². The van der Waals surface area contributed by atoms with Crippen LogP contribution in [0.5, 0.6) is 5.75 Å². The zero-order valence-electron chi connectivity index (χ0n) is 13.9. The van der Waals surface area contributed by atoms with E-state index in [0.29, 0.717) is 18.8 Å². The number of nitrogens with zero attached hydrogens (tertiary/aromatic N) is 1. The van der Waals surface area contributed by atoms with Crippen LogP contribution in [0.1, 0.15) is 12.0 Å². The SMILES string of the molecule is COC(CN)CC(=O)NCc1cccc(OCC(=O)N(C)C)c1. The molecular formula is C16H25N3O4. The fourth-order valence-electron chi connectivity index (χ4n) is 1.76. The third-order valence-corrected chi connectivity index (χ3v) is 3.26. The standard InChI is InChI=1S/C16H25N3O4/c1-19(2)16(21)11-23-13-6-4-5-12(7-13)10-18-15(20)8-14(9-17)22-3/h4-7,14H,8-11,17H2,1-3H3,(H,18,20). The first-order valence-electron chi connectivity index (χ1n) is 7.37. The van der Waals surface area contributed by atoms with Crippen LogP contribution in [0.15, 0.2) is 24.3 Å². The largest absolute Gasteiger partial charge is 0.484 e. The van der Waals surface area contributed by atoms with Crippen molar-refractivity contribution in [2.45, 2.75) is 19.1 Å². The van der Waals surface area contributed by atoms with Gasteiger partial charge in [-0.3, -0.25) is 9.59 Å². The van der Waals surface area contributed by atoms with Gasteiger partial charge in [0.1, 0.15) is 5.75 Å². The summed E-state index contributed by atoms with van der Waals surface area (Å²) in [5.41, 5.74) is 6.37. The summed E-state index contributed by atoms with van der Waals surface area (Å²) in [6.45, 7) is 0.653. The summed E-state index contributed by atoms with van der Waals surface area (Å²) in [5, 5.41) is 2.80. The van der Waals surface area contributed by atoms with Crippen molar-refractivity contribution in [3.63, 3.8) is 0 Å². The van der Waals surface area contributed by atoms with Crippen LogP contribution < -0.4 is 15.8 Å². The van der Waals surface area contributed by atoms with E-state index in [1.807, 2.05) is 12.1 Å². The number of nitrogens with two attached hydrogens (primary N) is 1. The minimum Gasteiger partial charge on any atom is -0.484 e. The van der Waals surface area contributed by atoms with Crippen LogP contribution in [0.2, 0.25) is 0 Å². The molecule has 0 aliphatic carbocycles. The first kappa shape index (κ1) is 18.9. The summed E-state index contributed by atoms with van der Waals surface area (Å²) in [7, 11) is 4.87. The number of hydrogen-bond donors (Lipinski definition) is 2. The summed E-state index contributed by atoms with van der Waals surface area (Å²) in [5.74, 6) is 0.344. The van der Waals surface area contributed by atoms with Crippen molar-refractivity contribution in [1.29, 1.82) is 0 Å². The number of likely N-dealkylation sites (N-methyl/N-ethyl adjacent to an activating group) is 1. The van der Waals surface area contributed by atoms with Gasteiger partial charge in [0.05, 0.1) is 12.5 Å². The third kappa shape index (κ3) is 7.12. The van der Waals surface area contributed by atoms with Crippen LogP contribution in [0.25, 0.3) is 0 Å². The van der Waals surface area contributed by atoms with Crippen molar-refractivity contribution in [2.75, 3.05) is 34.4 Å². The zero-order valence-corrected chi connectivity index (χ0v) is 13.9. The Balaban J connectivity index is 2.47. The number of benzene rings is 1. The van der Waals surface area contributed by atoms with E-state index in [4.69, 9.17) is 15.2 Å². The Bertz CT molecular complexity index is 516. The molecule has 1 atom stereocenters. The monoisotopic (exact) mass is 323 g/mol. The lowest BCUT2D eigenvalue weighted by molar-refractivity contribution is -0.130. The second-order valence-electron chi connectivity index (χ2n) is 5.30. The highest BCUT2D eigenvalue weighted by atomic mass is 16.5. The molecule has 3 N–H and O–H groups in total. The van der Waals surface area contributed by atoms with E-state index < -0.39 is 0 Å². The lowest BCUT2D eigenvalue weighted by atomic mass is 10.2. The highest BCUT2D eigenvalue weighted by Crippen LogP contribution is 2.13. The molecule has 1 aromatic rings. The summed E-state index contributed by atoms with van der Waals surface area (Å²) in [4.78, 5) is 24.8. The Morgan fingerprint density at radius 1 is 1.35 bits per heavy atom. The second-order valence-corrected chi connectivity index (χ2v) is 5.30. The minimum atomic E-state index is -0.276. The van der Waals surface area contributed by atoms with Gasteiger partial charge in [-0.2, -0.15) is 0 Å². The van der Waals surface area contributed by atoms with Crippen LogP contribution in [-0.4, -0.2) is 57.2 Å². The summed E-state index contributed by atoms with van der Waals surface area (Å²) in [6, 6.07) is 7.25. The lowest BCUT2D eigenvalue weighted by Gasteiger charge is -2.13. The van der Waals surface area contributed by atoms with Gasteiger partial charge in [0.2, 0.25) is 5.91 Å². The van der Waals surface area contributed by atoms with Crippen molar-refractivity contribution >= 4 is 11.8 Å². The predicted octanol–water partition coefficient (Wildman–Crippen LogP) is 0.134. The van der Waals surface area contributed by atoms with Gasteiger partial charge in [-0.05, 0) is 17.7 Å². The Labute approximate surface area is 136 Å². The number of amides is 2. The highest BCUT2D eigenvalue weighted by Gasteiger charge is 2.11. The third-order valence-electron chi connectivity index (χ3n) is 3.26. The molecule has 1 unspecified atom stereocenters. The van der Waals surface area contributed by atoms with E-state index in [9.17, 15) is 9.59 Å². The van der Waals surface area contributed by atoms with Crippen molar-refractivity contribution in [3.8, 4) is 5.75 Å². The normalized spacial score (nSPS) is 11.7. The van der Waals surface area contributed by atoms with Crippen LogP contribution in [0.3, 0.4) is 0 Å². The topological polar surface area (TPSA) is 93.9 Å². The minimum absolute atomic E-state index is 0.0190. The molecule has 0 aliphatic heterocycles. The molecule has 128 valence electrons. The van der Waals surface area contributed by atoms with Crippen LogP contribution in [-0.2, 0) is 20.9 Å². The maximum absolute atomic E-state index is 11.8. The van der Waals surface area contributed by atoms with Gasteiger partial charge < -0.3 is 25.4 Å². The molecule has 7 heteroatoms. The van der Waals surface area contributed by atoms with E-state index >= 15 is 0 Å². The molecule has 0 radical (unpaired) electrons. The number of methoxy groups -OCH3 is 1. The maximum atomic E-state index is 11.8. The summed E-state index contributed by atoms with van der Waals surface area (Å²) in [6.07, 6.45) is -0.0534. The number of rotatable bonds is 9. The Morgan fingerprint density at radius 2 is 2.09 bits per heavy atom. The molecule has 0 fully saturated rings. The van der Waals surface area contributed by atoms with Gasteiger partial charge in [-0.15, -0.1) is 0 Å². The van der Waals surface area contributed by atoms with Crippen molar-refractivity contribution in [1.82, 2.24) is 10.2 Å². The molecule has 0 aromatic heterocycles. The number of nitrogens with one attached hydrogen (secondary N) is 1. The van der Waals surface area contributed by atoms with Gasteiger partial charge >= 0.3 is 0 Å². The van der Waals surface area contributed by atoms with Crippen molar-refractivity contribution in [3.05, 3.63) is 29.8 Å². The lowest BCUT2D eigenvalue weighted by Crippen LogP contribution is -2.31. The maximum Gasteiger partial charge on any atom is 0.259 e. The molecule has 1 aromatic carbocycles. The highest BCUT2D eigenvalue weighted by molar-refractivity contribution is 5.77. The molecule has 0 bridgehead atoms. The number of carbonyl (C=O) groups excluding carboxylic acids is 2. The Morgan fingerprint density at radius 3 is 2.70 bits per heavy atom. The first-order valence-corrected chi connectivity index (χ1v) is 7.37. The van der Waals surface area contributed by atoms with Crippen LogP contribution in [0.4, 0.5) is 0 Å². The van der Waals surface area contributed by atoms with Gasteiger partial charge in [0.25, 0.3) is 5.91 Å². The molecule has 0 aliphatic rings. The van der Waals surface area contributed by atoms with E-state index in [1.54, 1.807) is 26.2 Å². The summed E-state index contributed by atoms with van der Waals surface area (Å²) < 4.78 is 10.5. The van der Waals surface area contributed by atoms with E-state index in [0.717, 1.165) is 5.56 Å². The number of ether oxygens (including phenoxy) is 2. The van der Waals surface area contributed by atoms with Crippen molar-refractivity contribution < 1.29 is 19.1 Å². The first-order chi connectivity index (χ1) is 11.0. The van der Waals surface area contributed by atoms with Crippen LogP contribution >= 0.6 is 0 Å². The molecule has 0 saturated heterocycles. The molecule has 7 nitrogen and oxygen atoms in total. The van der Waals surface area contributed by atoms with Gasteiger partial charge in [-0.25, -0.2) is 0 Å². The Kier molecular flexibility index (Phi) is 8.07.